The molecule has 27 heavy (non-hydrogen) atoms. The van der Waals surface area contributed by atoms with Crippen molar-refractivity contribution in [3.63, 3.8) is 0 Å². The summed E-state index contributed by atoms with van der Waals surface area (Å²) >= 11 is 11.9. The number of hydrogen-bond donors (Lipinski definition) is 2. The largest absolute Gasteiger partial charge is 0.495 e. The number of nitrogens with one attached hydrogen (secondary N) is 2. The number of hydrogen-bond acceptors (Lipinski definition) is 3. The predicted octanol–water partition coefficient (Wildman–Crippen LogP) is 5.38. The summed E-state index contributed by atoms with van der Waals surface area (Å²) < 4.78 is 5.31. The fourth-order valence-electron chi connectivity index (χ4n) is 3.15. The smallest absolute Gasteiger partial charge is 0.255 e. The highest BCUT2D eigenvalue weighted by atomic mass is 35.5. The minimum atomic E-state index is -0.326. The first-order valence-corrected chi connectivity index (χ1v) is 9.49. The molecule has 1 saturated carbocycles. The molecule has 0 unspecified atom stereocenters. The van der Waals surface area contributed by atoms with Crippen molar-refractivity contribution >= 4 is 46.4 Å². The second-order valence-corrected chi connectivity index (χ2v) is 7.28. The first-order valence-electron chi connectivity index (χ1n) is 8.73. The van der Waals surface area contributed by atoms with Gasteiger partial charge < -0.3 is 15.4 Å². The monoisotopic (exact) mass is 406 g/mol. The lowest BCUT2D eigenvalue weighted by atomic mass is 10.1. The third-order valence-corrected chi connectivity index (χ3v) is 5.36. The van der Waals surface area contributed by atoms with Gasteiger partial charge in [0.1, 0.15) is 5.75 Å². The zero-order valence-corrected chi connectivity index (χ0v) is 16.4. The third-order valence-electron chi connectivity index (χ3n) is 4.62. The van der Waals surface area contributed by atoms with E-state index in [9.17, 15) is 9.59 Å². The van der Waals surface area contributed by atoms with Crippen LogP contribution in [-0.2, 0) is 4.79 Å². The Morgan fingerprint density at radius 1 is 1.00 bits per heavy atom. The predicted molar refractivity (Wildman–Crippen MR) is 108 cm³/mol. The van der Waals surface area contributed by atoms with Crippen molar-refractivity contribution in [2.75, 3.05) is 17.7 Å². The number of carbonyl (C=O) groups excluding carboxylic acids is 2. The van der Waals surface area contributed by atoms with Crippen molar-refractivity contribution in [2.45, 2.75) is 25.7 Å². The van der Waals surface area contributed by atoms with Crippen LogP contribution in [0.3, 0.4) is 0 Å². The van der Waals surface area contributed by atoms with Crippen molar-refractivity contribution in [2.24, 2.45) is 5.92 Å². The van der Waals surface area contributed by atoms with Gasteiger partial charge in [0.15, 0.2) is 0 Å². The zero-order chi connectivity index (χ0) is 19.4. The topological polar surface area (TPSA) is 67.4 Å². The fourth-order valence-corrected chi connectivity index (χ4v) is 3.44. The highest BCUT2D eigenvalue weighted by molar-refractivity contribution is 6.42. The molecule has 0 saturated heterocycles. The molecule has 2 N–H and O–H groups in total. The first-order chi connectivity index (χ1) is 13.0. The van der Waals surface area contributed by atoms with Crippen LogP contribution >= 0.6 is 23.2 Å². The van der Waals surface area contributed by atoms with Crippen LogP contribution in [0.4, 0.5) is 11.4 Å². The van der Waals surface area contributed by atoms with Crippen LogP contribution in [0.1, 0.15) is 36.0 Å². The van der Waals surface area contributed by atoms with Crippen molar-refractivity contribution in [1.29, 1.82) is 0 Å². The number of benzene rings is 2. The molecule has 3 rings (SSSR count). The Balaban J connectivity index is 1.77. The molecule has 0 aromatic heterocycles. The highest BCUT2D eigenvalue weighted by Gasteiger charge is 2.23. The number of carbonyl (C=O) groups is 2. The summed E-state index contributed by atoms with van der Waals surface area (Å²) in [6.45, 7) is 0. The number of anilines is 2. The van der Waals surface area contributed by atoms with Crippen LogP contribution < -0.4 is 15.4 Å². The minimum Gasteiger partial charge on any atom is -0.495 e. The third kappa shape index (κ3) is 4.73. The maximum atomic E-state index is 12.6. The van der Waals surface area contributed by atoms with Crippen molar-refractivity contribution in [1.82, 2.24) is 0 Å². The molecular weight excluding hydrogens is 387 g/mol. The lowest BCUT2D eigenvalue weighted by Crippen LogP contribution is -2.21. The van der Waals surface area contributed by atoms with Crippen LogP contribution in [0.25, 0.3) is 0 Å². The molecule has 0 radical (unpaired) electrons. The van der Waals surface area contributed by atoms with E-state index in [1.165, 1.54) is 7.11 Å². The molecule has 1 fully saturated rings. The quantitative estimate of drug-likeness (QED) is 0.699. The molecule has 1 aliphatic carbocycles. The second kappa shape index (κ2) is 8.63. The summed E-state index contributed by atoms with van der Waals surface area (Å²) in [5, 5.41) is 6.43. The SMILES string of the molecule is COc1ccc(C(=O)Nc2ccc(Cl)c(Cl)c2)cc1NC(=O)C1CCCC1. The summed E-state index contributed by atoms with van der Waals surface area (Å²) in [6, 6.07) is 9.76. The number of rotatable bonds is 5. The van der Waals surface area contributed by atoms with Gasteiger partial charge in [-0.1, -0.05) is 36.0 Å². The van der Waals surface area contributed by atoms with Gasteiger partial charge in [-0.25, -0.2) is 0 Å². The Morgan fingerprint density at radius 3 is 2.41 bits per heavy atom. The standard InChI is InChI=1S/C20H20Cl2N2O3/c1-27-18-9-6-13(10-17(18)24-19(25)12-4-2-3-5-12)20(26)23-14-7-8-15(21)16(22)11-14/h6-12H,2-5H2,1H3,(H,23,26)(H,24,25). The zero-order valence-electron chi connectivity index (χ0n) is 14.9. The van der Waals surface area contributed by atoms with Gasteiger partial charge in [0, 0.05) is 17.2 Å². The van der Waals surface area contributed by atoms with Gasteiger partial charge >= 0.3 is 0 Å². The van der Waals surface area contributed by atoms with E-state index < -0.39 is 0 Å². The molecular formula is C20H20Cl2N2O3. The lowest BCUT2D eigenvalue weighted by Gasteiger charge is -2.15. The summed E-state index contributed by atoms with van der Waals surface area (Å²) in [5.41, 5.74) is 1.40. The van der Waals surface area contributed by atoms with Gasteiger partial charge in [0.2, 0.25) is 5.91 Å². The highest BCUT2D eigenvalue weighted by Crippen LogP contribution is 2.30. The Morgan fingerprint density at radius 2 is 1.74 bits per heavy atom. The molecule has 0 aliphatic heterocycles. The van der Waals surface area contributed by atoms with Gasteiger partial charge in [-0.15, -0.1) is 0 Å². The maximum Gasteiger partial charge on any atom is 0.255 e. The molecule has 2 amide bonds. The molecule has 0 atom stereocenters. The van der Waals surface area contributed by atoms with Crippen LogP contribution in [0.2, 0.25) is 10.0 Å². The molecule has 2 aromatic rings. The Labute approximate surface area is 168 Å². The average Bonchev–Trinajstić information content (AvgIpc) is 3.19. The van der Waals surface area contributed by atoms with Gasteiger partial charge in [-0.2, -0.15) is 0 Å². The van der Waals surface area contributed by atoms with Gasteiger partial charge in [-0.05, 0) is 49.2 Å². The van der Waals surface area contributed by atoms with E-state index in [4.69, 9.17) is 27.9 Å². The van der Waals surface area contributed by atoms with Crippen molar-refractivity contribution in [3.8, 4) is 5.75 Å². The van der Waals surface area contributed by atoms with E-state index >= 15 is 0 Å². The second-order valence-electron chi connectivity index (χ2n) is 6.47. The molecule has 0 spiro atoms. The molecule has 2 aromatic carbocycles. The fraction of sp³-hybridized carbons (Fsp3) is 0.300. The summed E-state index contributed by atoms with van der Waals surface area (Å²) in [6.07, 6.45) is 3.93. The van der Waals surface area contributed by atoms with Crippen LogP contribution in [-0.4, -0.2) is 18.9 Å². The Bertz CT molecular complexity index is 864. The molecule has 1 aliphatic rings. The summed E-state index contributed by atoms with van der Waals surface area (Å²) in [4.78, 5) is 25.0. The summed E-state index contributed by atoms with van der Waals surface area (Å²) in [7, 11) is 1.52. The van der Waals surface area contributed by atoms with E-state index in [0.29, 0.717) is 32.7 Å². The molecule has 0 heterocycles. The lowest BCUT2D eigenvalue weighted by molar-refractivity contribution is -0.119. The molecule has 142 valence electrons. The number of methoxy groups -OCH3 is 1. The maximum absolute atomic E-state index is 12.6. The van der Waals surface area contributed by atoms with Crippen molar-refractivity contribution in [3.05, 3.63) is 52.0 Å². The van der Waals surface area contributed by atoms with E-state index in [2.05, 4.69) is 10.6 Å². The number of halogens is 2. The Kier molecular flexibility index (Phi) is 6.24. The Hall–Kier alpha value is -2.24. The minimum absolute atomic E-state index is 0.0170. The normalized spacial score (nSPS) is 14.0. The average molecular weight is 407 g/mol. The van der Waals surface area contributed by atoms with E-state index in [1.807, 2.05) is 0 Å². The van der Waals surface area contributed by atoms with Gasteiger partial charge in [-0.3, -0.25) is 9.59 Å². The van der Waals surface area contributed by atoms with Crippen LogP contribution in [0, 0.1) is 5.92 Å². The molecule has 0 bridgehead atoms. The van der Waals surface area contributed by atoms with E-state index in [1.54, 1.807) is 36.4 Å². The summed E-state index contributed by atoms with van der Waals surface area (Å²) in [5.74, 6) is 0.163. The molecule has 7 heteroatoms. The molecule has 5 nitrogen and oxygen atoms in total. The van der Waals surface area contributed by atoms with Crippen molar-refractivity contribution < 1.29 is 14.3 Å². The van der Waals surface area contributed by atoms with Gasteiger partial charge in [0.05, 0.1) is 22.8 Å². The number of amides is 2. The number of ether oxygens (including phenoxy) is 1. The van der Waals surface area contributed by atoms with E-state index in [-0.39, 0.29) is 17.7 Å². The van der Waals surface area contributed by atoms with Gasteiger partial charge in [0.25, 0.3) is 5.91 Å². The van der Waals surface area contributed by atoms with Crippen LogP contribution in [0.15, 0.2) is 36.4 Å². The first kappa shape index (κ1) is 19.5. The van der Waals surface area contributed by atoms with E-state index in [0.717, 1.165) is 25.7 Å². The van der Waals surface area contributed by atoms with Crippen LogP contribution in [0.5, 0.6) is 5.75 Å².